The van der Waals surface area contributed by atoms with Crippen LogP contribution in [0.2, 0.25) is 0 Å². The van der Waals surface area contributed by atoms with Crippen LogP contribution in [0.3, 0.4) is 0 Å². The Labute approximate surface area is 114 Å². The summed E-state index contributed by atoms with van der Waals surface area (Å²) in [6, 6.07) is 14.0. The van der Waals surface area contributed by atoms with Gasteiger partial charge in [0.25, 0.3) is 0 Å². The van der Waals surface area contributed by atoms with Crippen LogP contribution in [0.5, 0.6) is 0 Å². The highest BCUT2D eigenvalue weighted by Crippen LogP contribution is 2.30. The number of nitrogens with one attached hydrogen (secondary N) is 1. The summed E-state index contributed by atoms with van der Waals surface area (Å²) in [6.07, 6.45) is -4.03. The minimum Gasteiger partial charge on any atom is -0.356 e. The molecule has 2 nitrogen and oxygen atoms in total. The van der Waals surface area contributed by atoms with Crippen molar-refractivity contribution >= 4 is 11.4 Å². The largest absolute Gasteiger partial charge is 0.416 e. The van der Waals surface area contributed by atoms with E-state index in [1.54, 1.807) is 18.2 Å². The molecule has 0 saturated carbocycles. The van der Waals surface area contributed by atoms with E-state index in [0.29, 0.717) is 12.1 Å². The lowest BCUT2D eigenvalue weighted by molar-refractivity contribution is -0.137. The summed E-state index contributed by atoms with van der Waals surface area (Å²) in [6.45, 7) is 0. The molecular formula is C15H11F3N2. The Kier molecular flexibility index (Phi) is 3.94. The molecule has 0 aliphatic rings. The summed E-state index contributed by atoms with van der Waals surface area (Å²) in [5.41, 5.74) is 1.47. The van der Waals surface area contributed by atoms with Gasteiger partial charge in [0.05, 0.1) is 18.1 Å². The predicted molar refractivity (Wildman–Crippen MR) is 70.5 cm³/mol. The molecule has 2 aromatic carbocycles. The van der Waals surface area contributed by atoms with E-state index >= 15 is 0 Å². The summed E-state index contributed by atoms with van der Waals surface area (Å²) in [5.74, 6) is 0. The van der Waals surface area contributed by atoms with Crippen molar-refractivity contribution in [2.75, 3.05) is 5.32 Å². The Bertz CT molecular complexity index is 625. The SMILES string of the molecule is N#CCc1cccc(Nc2ccc(C(F)(F)F)cc2)c1. The smallest absolute Gasteiger partial charge is 0.356 e. The second-order valence-corrected chi connectivity index (χ2v) is 4.24. The van der Waals surface area contributed by atoms with Gasteiger partial charge in [-0.25, -0.2) is 0 Å². The maximum atomic E-state index is 12.4. The van der Waals surface area contributed by atoms with Gasteiger partial charge < -0.3 is 5.32 Å². The Morgan fingerprint density at radius 1 is 1.00 bits per heavy atom. The molecule has 0 fully saturated rings. The third kappa shape index (κ3) is 3.51. The van der Waals surface area contributed by atoms with Gasteiger partial charge in [-0.1, -0.05) is 12.1 Å². The molecule has 0 unspecified atom stereocenters. The molecule has 5 heteroatoms. The van der Waals surface area contributed by atoms with Crippen molar-refractivity contribution in [1.82, 2.24) is 0 Å². The van der Waals surface area contributed by atoms with E-state index in [1.165, 1.54) is 12.1 Å². The molecule has 0 heterocycles. The molecule has 0 aromatic heterocycles. The molecule has 0 bridgehead atoms. The first kappa shape index (κ1) is 13.9. The van der Waals surface area contributed by atoms with Crippen molar-refractivity contribution in [3.8, 4) is 6.07 Å². The standard InChI is InChI=1S/C15H11F3N2/c16-15(17,18)12-4-6-13(7-5-12)20-14-3-1-2-11(10-14)8-9-19/h1-7,10,20H,8H2. The zero-order chi connectivity index (χ0) is 14.6. The topological polar surface area (TPSA) is 35.8 Å². The van der Waals surface area contributed by atoms with E-state index in [1.807, 2.05) is 12.1 Å². The molecule has 2 rings (SSSR count). The highest BCUT2D eigenvalue weighted by Gasteiger charge is 2.29. The Balaban J connectivity index is 2.14. The minimum absolute atomic E-state index is 0.294. The molecule has 0 aliphatic carbocycles. The Hall–Kier alpha value is -2.48. The Morgan fingerprint density at radius 2 is 1.70 bits per heavy atom. The maximum Gasteiger partial charge on any atom is 0.416 e. The maximum absolute atomic E-state index is 12.4. The van der Waals surface area contributed by atoms with Gasteiger partial charge in [0.2, 0.25) is 0 Å². The molecule has 20 heavy (non-hydrogen) atoms. The number of alkyl halides is 3. The number of anilines is 2. The van der Waals surface area contributed by atoms with Gasteiger partial charge in [-0.2, -0.15) is 18.4 Å². The van der Waals surface area contributed by atoms with Crippen molar-refractivity contribution in [2.24, 2.45) is 0 Å². The zero-order valence-electron chi connectivity index (χ0n) is 10.4. The summed E-state index contributed by atoms with van der Waals surface area (Å²) in [4.78, 5) is 0. The van der Waals surface area contributed by atoms with Crippen LogP contribution in [-0.4, -0.2) is 0 Å². The van der Waals surface area contributed by atoms with Gasteiger partial charge in [0.15, 0.2) is 0 Å². The number of benzene rings is 2. The monoisotopic (exact) mass is 276 g/mol. The number of rotatable bonds is 3. The molecule has 2 aromatic rings. The minimum atomic E-state index is -4.33. The van der Waals surface area contributed by atoms with Crippen molar-refractivity contribution < 1.29 is 13.2 Å². The van der Waals surface area contributed by atoms with Crippen LogP contribution in [0.15, 0.2) is 48.5 Å². The number of halogens is 3. The van der Waals surface area contributed by atoms with Crippen LogP contribution in [-0.2, 0) is 12.6 Å². The van der Waals surface area contributed by atoms with E-state index in [4.69, 9.17) is 5.26 Å². The molecule has 0 aliphatic heterocycles. The van der Waals surface area contributed by atoms with Crippen LogP contribution in [0.1, 0.15) is 11.1 Å². The Morgan fingerprint density at radius 3 is 2.30 bits per heavy atom. The van der Waals surface area contributed by atoms with Gasteiger partial charge in [-0.3, -0.25) is 0 Å². The molecular weight excluding hydrogens is 265 g/mol. The quantitative estimate of drug-likeness (QED) is 0.895. The van der Waals surface area contributed by atoms with Crippen LogP contribution >= 0.6 is 0 Å². The summed E-state index contributed by atoms with van der Waals surface area (Å²) < 4.78 is 37.3. The van der Waals surface area contributed by atoms with E-state index < -0.39 is 11.7 Å². The van der Waals surface area contributed by atoms with E-state index in [2.05, 4.69) is 5.32 Å². The average Bonchev–Trinajstić information content (AvgIpc) is 2.39. The van der Waals surface area contributed by atoms with Crippen LogP contribution < -0.4 is 5.32 Å². The highest BCUT2D eigenvalue weighted by atomic mass is 19.4. The first-order valence-electron chi connectivity index (χ1n) is 5.89. The van der Waals surface area contributed by atoms with Gasteiger partial charge in [-0.15, -0.1) is 0 Å². The van der Waals surface area contributed by atoms with Crippen molar-refractivity contribution in [1.29, 1.82) is 5.26 Å². The number of nitriles is 1. The molecule has 0 radical (unpaired) electrons. The molecule has 1 N–H and O–H groups in total. The third-order valence-corrected chi connectivity index (χ3v) is 2.71. The predicted octanol–water partition coefficient (Wildman–Crippen LogP) is 4.52. The first-order chi connectivity index (χ1) is 9.49. The van der Waals surface area contributed by atoms with Gasteiger partial charge in [0.1, 0.15) is 0 Å². The van der Waals surface area contributed by atoms with Crippen molar-refractivity contribution in [3.63, 3.8) is 0 Å². The molecule has 102 valence electrons. The number of hydrogen-bond acceptors (Lipinski definition) is 2. The molecule has 0 amide bonds. The van der Waals surface area contributed by atoms with Crippen LogP contribution in [0.4, 0.5) is 24.5 Å². The van der Waals surface area contributed by atoms with E-state index in [9.17, 15) is 13.2 Å². The average molecular weight is 276 g/mol. The van der Waals surface area contributed by atoms with Gasteiger partial charge in [-0.05, 0) is 42.0 Å². The second-order valence-electron chi connectivity index (χ2n) is 4.24. The van der Waals surface area contributed by atoms with E-state index in [-0.39, 0.29) is 0 Å². The normalized spacial score (nSPS) is 10.9. The fraction of sp³-hybridized carbons (Fsp3) is 0.133. The fourth-order valence-electron chi connectivity index (χ4n) is 1.76. The third-order valence-electron chi connectivity index (χ3n) is 2.71. The highest BCUT2D eigenvalue weighted by molar-refractivity contribution is 5.60. The number of hydrogen-bond donors (Lipinski definition) is 1. The van der Waals surface area contributed by atoms with Crippen molar-refractivity contribution in [2.45, 2.75) is 12.6 Å². The van der Waals surface area contributed by atoms with Gasteiger partial charge >= 0.3 is 6.18 Å². The second kappa shape index (κ2) is 5.66. The van der Waals surface area contributed by atoms with Crippen LogP contribution in [0, 0.1) is 11.3 Å². The number of nitrogens with zero attached hydrogens (tertiary/aromatic N) is 1. The van der Waals surface area contributed by atoms with Gasteiger partial charge in [0, 0.05) is 11.4 Å². The summed E-state index contributed by atoms with van der Waals surface area (Å²) >= 11 is 0. The van der Waals surface area contributed by atoms with Crippen LogP contribution in [0.25, 0.3) is 0 Å². The summed E-state index contributed by atoms with van der Waals surface area (Å²) in [5, 5.41) is 11.6. The first-order valence-corrected chi connectivity index (χ1v) is 5.89. The molecule has 0 saturated heterocycles. The molecule has 0 atom stereocenters. The lowest BCUT2D eigenvalue weighted by Gasteiger charge is -2.10. The lowest BCUT2D eigenvalue weighted by atomic mass is 10.1. The van der Waals surface area contributed by atoms with E-state index in [0.717, 1.165) is 23.4 Å². The fourth-order valence-corrected chi connectivity index (χ4v) is 1.76. The molecule has 0 spiro atoms. The lowest BCUT2D eigenvalue weighted by Crippen LogP contribution is -2.04. The summed E-state index contributed by atoms with van der Waals surface area (Å²) in [7, 11) is 0. The van der Waals surface area contributed by atoms with Crippen molar-refractivity contribution in [3.05, 3.63) is 59.7 Å². The zero-order valence-corrected chi connectivity index (χ0v) is 10.4.